The Kier molecular flexibility index (Phi) is 13.8. The number of nitrogens with one attached hydrogen (secondary N) is 1. The van der Waals surface area contributed by atoms with Gasteiger partial charge >= 0.3 is 0 Å². The Morgan fingerprint density at radius 2 is 2.06 bits per heavy atom. The number of fused-ring (bicyclic) bond motifs is 2. The molecule has 0 aromatic carbocycles. The van der Waals surface area contributed by atoms with Crippen LogP contribution in [0.4, 0.5) is 0 Å². The molecule has 1 N–H and O–H groups in total. The largest absolute Gasteiger partial charge is 0.356 e. The van der Waals surface area contributed by atoms with Gasteiger partial charge in [-0.1, -0.05) is 81.7 Å². The third-order valence-electron chi connectivity index (χ3n) is 5.73. The fraction of sp³-hybridized carbons (Fsp3) is 0.556. The molecule has 0 aromatic heterocycles. The minimum atomic E-state index is 0.337. The zero-order valence-electron chi connectivity index (χ0n) is 20.0. The third kappa shape index (κ3) is 7.93. The lowest BCUT2D eigenvalue weighted by molar-refractivity contribution is 0.0994. The smallest absolute Gasteiger partial charge is 0.106 e. The van der Waals surface area contributed by atoms with Crippen LogP contribution in [0.2, 0.25) is 0 Å². The second-order valence-corrected chi connectivity index (χ2v) is 8.19. The molecule has 3 aliphatic rings. The average Bonchev–Trinajstić information content (AvgIpc) is 3.23. The molecule has 0 aromatic rings. The third-order valence-corrected chi connectivity index (χ3v) is 6.04. The van der Waals surface area contributed by atoms with Gasteiger partial charge in [0.25, 0.3) is 0 Å². The van der Waals surface area contributed by atoms with E-state index in [1.807, 2.05) is 50.1 Å². The van der Waals surface area contributed by atoms with E-state index in [0.717, 1.165) is 36.5 Å². The lowest BCUT2D eigenvalue weighted by Crippen LogP contribution is -2.52. The molecule has 1 aliphatic carbocycles. The SMILES string of the molecule is CC.CC.[CH]=C=C(C1=CC(C)C=N1)N(C/C([C]=CI)=C/C=C)C1CCC2CC1CCN2. The number of allylic oxidation sites excluding steroid dienone is 3. The second kappa shape index (κ2) is 15.4. The zero-order chi connectivity index (χ0) is 23.2. The van der Waals surface area contributed by atoms with Crippen molar-refractivity contribution >= 4 is 28.8 Å². The van der Waals surface area contributed by atoms with Crippen LogP contribution in [0.5, 0.6) is 0 Å². The van der Waals surface area contributed by atoms with Crippen molar-refractivity contribution in [1.29, 1.82) is 0 Å². The van der Waals surface area contributed by atoms with Gasteiger partial charge in [0.05, 0.1) is 5.70 Å². The van der Waals surface area contributed by atoms with Crippen molar-refractivity contribution in [2.24, 2.45) is 16.8 Å². The van der Waals surface area contributed by atoms with Crippen LogP contribution in [-0.4, -0.2) is 36.3 Å². The van der Waals surface area contributed by atoms with E-state index in [9.17, 15) is 0 Å². The normalized spacial score (nSPS) is 26.6. The predicted molar refractivity (Wildman–Crippen MR) is 144 cm³/mol. The minimum Gasteiger partial charge on any atom is -0.356 e. The molecule has 170 valence electrons. The predicted octanol–water partition coefficient (Wildman–Crippen LogP) is 6.81. The summed E-state index contributed by atoms with van der Waals surface area (Å²) in [5.74, 6) is 1.01. The first-order chi connectivity index (χ1) is 15.2. The Morgan fingerprint density at radius 3 is 2.65 bits per heavy atom. The van der Waals surface area contributed by atoms with Crippen LogP contribution in [-0.2, 0) is 0 Å². The summed E-state index contributed by atoms with van der Waals surface area (Å²) >= 11 is 2.21. The van der Waals surface area contributed by atoms with Gasteiger partial charge in [0.1, 0.15) is 5.70 Å². The highest BCUT2D eigenvalue weighted by atomic mass is 127. The van der Waals surface area contributed by atoms with Gasteiger partial charge in [-0.25, -0.2) is 0 Å². The maximum Gasteiger partial charge on any atom is 0.106 e. The molecule has 3 nitrogen and oxygen atoms in total. The van der Waals surface area contributed by atoms with Crippen LogP contribution in [0.3, 0.4) is 0 Å². The van der Waals surface area contributed by atoms with Crippen LogP contribution in [0.1, 0.15) is 60.3 Å². The van der Waals surface area contributed by atoms with E-state index in [1.165, 1.54) is 19.3 Å². The molecule has 2 bridgehead atoms. The molecule has 2 fully saturated rings. The van der Waals surface area contributed by atoms with Gasteiger partial charge in [-0.15, -0.1) is 0 Å². The Morgan fingerprint density at radius 1 is 1.32 bits per heavy atom. The van der Waals surface area contributed by atoms with Crippen molar-refractivity contribution in [2.75, 3.05) is 13.1 Å². The van der Waals surface area contributed by atoms with Crippen molar-refractivity contribution in [3.8, 4) is 0 Å². The molecule has 2 heterocycles. The van der Waals surface area contributed by atoms with Crippen molar-refractivity contribution in [3.63, 3.8) is 0 Å². The van der Waals surface area contributed by atoms with E-state index in [0.29, 0.717) is 23.9 Å². The van der Waals surface area contributed by atoms with Crippen molar-refractivity contribution in [3.05, 3.63) is 64.2 Å². The number of rotatable bonds is 7. The lowest BCUT2D eigenvalue weighted by atomic mass is 9.76. The van der Waals surface area contributed by atoms with Gasteiger partial charge in [-0.05, 0) is 66.5 Å². The van der Waals surface area contributed by atoms with Gasteiger partial charge in [-0.3, -0.25) is 4.99 Å². The topological polar surface area (TPSA) is 27.6 Å². The quantitative estimate of drug-likeness (QED) is 0.221. The van der Waals surface area contributed by atoms with Crippen molar-refractivity contribution < 1.29 is 0 Å². The number of aliphatic imine (C=N–C) groups is 1. The molecular formula is C27H40IN3. The van der Waals surface area contributed by atoms with E-state index in [1.54, 1.807) is 0 Å². The number of halogens is 1. The maximum atomic E-state index is 6.03. The molecule has 0 spiro atoms. The van der Waals surface area contributed by atoms with Crippen LogP contribution < -0.4 is 5.32 Å². The van der Waals surface area contributed by atoms with E-state index in [4.69, 9.17) is 6.58 Å². The van der Waals surface area contributed by atoms with E-state index >= 15 is 0 Å². The minimum absolute atomic E-state index is 0.337. The van der Waals surface area contributed by atoms with Crippen LogP contribution in [0.25, 0.3) is 0 Å². The van der Waals surface area contributed by atoms with E-state index in [-0.39, 0.29) is 0 Å². The first-order valence-electron chi connectivity index (χ1n) is 11.8. The molecular weight excluding hydrogens is 493 g/mol. The molecule has 1 saturated heterocycles. The summed E-state index contributed by atoms with van der Waals surface area (Å²) in [7, 11) is 0. The van der Waals surface area contributed by atoms with Crippen molar-refractivity contribution in [1.82, 2.24) is 10.2 Å². The molecule has 31 heavy (non-hydrogen) atoms. The molecule has 3 rings (SSSR count). The van der Waals surface area contributed by atoms with Crippen LogP contribution in [0, 0.1) is 24.5 Å². The molecule has 2 radical (unpaired) electrons. The molecule has 4 atom stereocenters. The van der Waals surface area contributed by atoms with Gasteiger partial charge in [0.2, 0.25) is 0 Å². The number of hydrogen-bond acceptors (Lipinski definition) is 3. The van der Waals surface area contributed by atoms with Crippen LogP contribution in [0.15, 0.2) is 56.6 Å². The number of piperidine rings is 1. The first kappa shape index (κ1) is 27.7. The van der Waals surface area contributed by atoms with Crippen molar-refractivity contribution in [2.45, 2.75) is 72.4 Å². The standard InChI is InChI=1S/C23H28IN3.2C2H6/c1-4-6-18(9-11-24)16-27(22(5-2)21-13-17(3)15-26-21)23-8-7-20-14-19(23)10-12-25-20;2*1-2/h2,4,6,11,13,15,17,19-20,23,25H,1,7-8,10,12,14,16H2,3H3;2*1-2H3/b11-9?,18-6+;;. The summed E-state index contributed by atoms with van der Waals surface area (Å²) in [6.07, 6.45) is 16.2. The Balaban J connectivity index is 0.00000113. The lowest BCUT2D eigenvalue weighted by Gasteiger charge is -2.47. The molecule has 4 heteroatoms. The van der Waals surface area contributed by atoms with Gasteiger partial charge in [0, 0.05) is 30.8 Å². The maximum absolute atomic E-state index is 6.03. The van der Waals surface area contributed by atoms with Gasteiger partial charge in [-0.2, -0.15) is 0 Å². The fourth-order valence-corrected chi connectivity index (χ4v) is 4.91. The molecule has 0 amide bonds. The fourth-order valence-electron chi connectivity index (χ4n) is 4.51. The molecule has 4 unspecified atom stereocenters. The van der Waals surface area contributed by atoms with Crippen LogP contribution >= 0.6 is 22.6 Å². The summed E-state index contributed by atoms with van der Waals surface area (Å²) in [5.41, 5.74) is 5.93. The Hall–Kier alpha value is -1.36. The Bertz CT molecular complexity index is 725. The highest BCUT2D eigenvalue weighted by Gasteiger charge is 2.38. The summed E-state index contributed by atoms with van der Waals surface area (Å²) in [4.78, 5) is 7.04. The summed E-state index contributed by atoms with van der Waals surface area (Å²) in [5, 5.41) is 3.65. The summed E-state index contributed by atoms with van der Waals surface area (Å²) in [6.45, 7) is 21.9. The van der Waals surface area contributed by atoms with Gasteiger partial charge in [0.15, 0.2) is 0 Å². The number of hydrogen-bond donors (Lipinski definition) is 1. The monoisotopic (exact) mass is 533 g/mol. The summed E-state index contributed by atoms with van der Waals surface area (Å²) in [6, 6.07) is 1.12. The molecule has 1 saturated carbocycles. The second-order valence-electron chi connectivity index (χ2n) is 7.57. The van der Waals surface area contributed by atoms with Gasteiger partial charge < -0.3 is 10.2 Å². The summed E-state index contributed by atoms with van der Waals surface area (Å²) < 4.78 is 1.93. The van der Waals surface area contributed by atoms with E-state index < -0.39 is 0 Å². The average molecular weight is 534 g/mol. The highest BCUT2D eigenvalue weighted by Crippen LogP contribution is 2.37. The molecule has 2 aliphatic heterocycles. The Labute approximate surface area is 205 Å². The number of nitrogens with zero attached hydrogens (tertiary/aromatic N) is 2. The van der Waals surface area contributed by atoms with E-state index in [2.05, 4.69) is 69.2 Å². The highest BCUT2D eigenvalue weighted by molar-refractivity contribution is 14.1. The first-order valence-corrected chi connectivity index (χ1v) is 13.0. The zero-order valence-corrected chi connectivity index (χ0v) is 22.2.